The SMILES string of the molecule is CCC(C)(C)n1nnnc1C(c1ccc(F)cc1)N1CCN(Cc2ccc3c(c2)OCO3)CC1. The van der Waals surface area contributed by atoms with Crippen LogP contribution in [0.2, 0.25) is 0 Å². The fourth-order valence-electron chi connectivity index (χ4n) is 4.59. The number of tetrazole rings is 1. The van der Waals surface area contributed by atoms with Crippen molar-refractivity contribution < 1.29 is 13.9 Å². The van der Waals surface area contributed by atoms with Crippen molar-refractivity contribution in [3.63, 3.8) is 0 Å². The van der Waals surface area contributed by atoms with Crippen LogP contribution < -0.4 is 9.47 Å². The van der Waals surface area contributed by atoms with Gasteiger partial charge in [0, 0.05) is 32.7 Å². The molecule has 0 saturated carbocycles. The molecule has 1 saturated heterocycles. The van der Waals surface area contributed by atoms with Gasteiger partial charge in [-0.15, -0.1) is 5.10 Å². The van der Waals surface area contributed by atoms with Gasteiger partial charge in [0.05, 0.1) is 11.6 Å². The molecular weight excluding hydrogens is 435 g/mol. The van der Waals surface area contributed by atoms with Crippen LogP contribution in [-0.4, -0.2) is 63.0 Å². The fourth-order valence-corrected chi connectivity index (χ4v) is 4.59. The van der Waals surface area contributed by atoms with E-state index in [1.165, 1.54) is 17.7 Å². The van der Waals surface area contributed by atoms with E-state index in [0.717, 1.165) is 62.0 Å². The van der Waals surface area contributed by atoms with Gasteiger partial charge >= 0.3 is 0 Å². The molecule has 1 fully saturated rings. The van der Waals surface area contributed by atoms with E-state index in [0.29, 0.717) is 0 Å². The first-order valence-corrected chi connectivity index (χ1v) is 11.8. The van der Waals surface area contributed by atoms with E-state index in [4.69, 9.17) is 9.47 Å². The summed E-state index contributed by atoms with van der Waals surface area (Å²) in [5, 5.41) is 12.8. The van der Waals surface area contributed by atoms with Gasteiger partial charge in [0.15, 0.2) is 17.3 Å². The Hall–Kier alpha value is -3.04. The van der Waals surface area contributed by atoms with E-state index in [1.54, 1.807) is 0 Å². The highest BCUT2D eigenvalue weighted by Gasteiger charge is 2.34. The molecule has 3 heterocycles. The van der Waals surface area contributed by atoms with Crippen molar-refractivity contribution in [3.8, 4) is 11.5 Å². The van der Waals surface area contributed by atoms with E-state index in [2.05, 4.69) is 58.2 Å². The minimum absolute atomic E-state index is 0.144. The maximum atomic E-state index is 13.7. The molecule has 2 aliphatic heterocycles. The number of halogens is 1. The first-order valence-electron chi connectivity index (χ1n) is 11.8. The van der Waals surface area contributed by atoms with Gasteiger partial charge < -0.3 is 9.47 Å². The van der Waals surface area contributed by atoms with E-state index in [-0.39, 0.29) is 24.2 Å². The number of benzene rings is 2. The summed E-state index contributed by atoms with van der Waals surface area (Å²) in [5.74, 6) is 2.17. The van der Waals surface area contributed by atoms with Crippen LogP contribution in [0, 0.1) is 5.82 Å². The summed E-state index contributed by atoms with van der Waals surface area (Å²) in [4.78, 5) is 4.84. The van der Waals surface area contributed by atoms with Crippen LogP contribution in [0.15, 0.2) is 42.5 Å². The fraction of sp³-hybridized carbons (Fsp3) is 0.480. The number of rotatable bonds is 7. The van der Waals surface area contributed by atoms with E-state index in [1.807, 2.05) is 22.9 Å². The van der Waals surface area contributed by atoms with E-state index in [9.17, 15) is 4.39 Å². The average Bonchev–Trinajstić information content (AvgIpc) is 3.51. The first-order chi connectivity index (χ1) is 16.4. The van der Waals surface area contributed by atoms with Gasteiger partial charge in [0.1, 0.15) is 5.82 Å². The molecule has 9 heteroatoms. The summed E-state index contributed by atoms with van der Waals surface area (Å²) in [7, 11) is 0. The van der Waals surface area contributed by atoms with E-state index >= 15 is 0 Å². The molecular formula is C25H31FN6O2. The summed E-state index contributed by atoms with van der Waals surface area (Å²) < 4.78 is 26.6. The molecule has 0 amide bonds. The van der Waals surface area contributed by atoms with Crippen molar-refractivity contribution in [2.45, 2.75) is 45.3 Å². The Morgan fingerprint density at radius 1 is 1.00 bits per heavy atom. The van der Waals surface area contributed by atoms with Crippen molar-refractivity contribution in [2.75, 3.05) is 33.0 Å². The largest absolute Gasteiger partial charge is 0.454 e. The molecule has 1 atom stereocenters. The number of fused-ring (bicyclic) bond motifs is 1. The minimum atomic E-state index is -0.246. The molecule has 0 N–H and O–H groups in total. The maximum Gasteiger partial charge on any atom is 0.231 e. The van der Waals surface area contributed by atoms with Crippen molar-refractivity contribution >= 4 is 0 Å². The Morgan fingerprint density at radius 2 is 1.74 bits per heavy atom. The van der Waals surface area contributed by atoms with Crippen LogP contribution in [0.4, 0.5) is 4.39 Å². The summed E-state index contributed by atoms with van der Waals surface area (Å²) >= 11 is 0. The lowest BCUT2D eigenvalue weighted by atomic mass is 9.99. The molecule has 180 valence electrons. The highest BCUT2D eigenvalue weighted by molar-refractivity contribution is 5.44. The Balaban J connectivity index is 1.35. The second-order valence-corrected chi connectivity index (χ2v) is 9.57. The summed E-state index contributed by atoms with van der Waals surface area (Å²) in [6, 6.07) is 12.7. The number of hydrogen-bond acceptors (Lipinski definition) is 7. The first kappa shape index (κ1) is 22.7. The summed E-state index contributed by atoms with van der Waals surface area (Å²) in [5.41, 5.74) is 1.98. The van der Waals surface area contributed by atoms with Crippen LogP contribution in [0.25, 0.3) is 0 Å². The highest BCUT2D eigenvalue weighted by Crippen LogP contribution is 2.34. The molecule has 1 unspecified atom stereocenters. The van der Waals surface area contributed by atoms with Gasteiger partial charge in [0.25, 0.3) is 0 Å². The van der Waals surface area contributed by atoms with Crippen LogP contribution in [0.3, 0.4) is 0 Å². The van der Waals surface area contributed by atoms with Gasteiger partial charge in [-0.1, -0.05) is 25.1 Å². The number of aromatic nitrogens is 4. The van der Waals surface area contributed by atoms with Gasteiger partial charge in [0.2, 0.25) is 6.79 Å². The Kier molecular flexibility index (Phi) is 6.22. The zero-order chi connectivity index (χ0) is 23.7. The summed E-state index contributed by atoms with van der Waals surface area (Å²) in [6.07, 6.45) is 0.893. The lowest BCUT2D eigenvalue weighted by Gasteiger charge is -2.39. The van der Waals surface area contributed by atoms with E-state index < -0.39 is 0 Å². The van der Waals surface area contributed by atoms with Crippen molar-refractivity contribution in [3.05, 3.63) is 65.2 Å². The zero-order valence-electron chi connectivity index (χ0n) is 19.9. The lowest BCUT2D eigenvalue weighted by Crippen LogP contribution is -2.48. The van der Waals surface area contributed by atoms with Crippen molar-refractivity contribution in [1.82, 2.24) is 30.0 Å². The standard InChI is InChI=1S/C25H31FN6O2/c1-4-25(2,3)32-24(27-28-29-32)23(19-6-8-20(26)9-7-19)31-13-11-30(12-14-31)16-18-5-10-21-22(15-18)34-17-33-21/h5-10,15,23H,4,11-14,16-17H2,1-3H3. The highest BCUT2D eigenvalue weighted by atomic mass is 19.1. The molecule has 5 rings (SSSR count). The third kappa shape index (κ3) is 4.50. The van der Waals surface area contributed by atoms with Gasteiger partial charge in [-0.2, -0.15) is 0 Å². The van der Waals surface area contributed by atoms with Crippen LogP contribution in [0.5, 0.6) is 11.5 Å². The predicted octanol–water partition coefficient (Wildman–Crippen LogP) is 3.59. The maximum absolute atomic E-state index is 13.7. The van der Waals surface area contributed by atoms with Gasteiger partial charge in [-0.05, 0) is 66.1 Å². The molecule has 34 heavy (non-hydrogen) atoms. The number of ether oxygens (including phenoxy) is 2. The molecule has 8 nitrogen and oxygen atoms in total. The molecule has 2 aliphatic rings. The quantitative estimate of drug-likeness (QED) is 0.527. The van der Waals surface area contributed by atoms with Crippen LogP contribution >= 0.6 is 0 Å². The molecule has 0 radical (unpaired) electrons. The summed E-state index contributed by atoms with van der Waals surface area (Å²) in [6.45, 7) is 11.1. The van der Waals surface area contributed by atoms with Crippen molar-refractivity contribution in [2.24, 2.45) is 0 Å². The molecule has 0 bridgehead atoms. The van der Waals surface area contributed by atoms with Crippen LogP contribution in [0.1, 0.15) is 50.2 Å². The molecule has 2 aromatic carbocycles. The minimum Gasteiger partial charge on any atom is -0.454 e. The monoisotopic (exact) mass is 466 g/mol. The van der Waals surface area contributed by atoms with Crippen molar-refractivity contribution in [1.29, 1.82) is 0 Å². The van der Waals surface area contributed by atoms with Gasteiger partial charge in [-0.3, -0.25) is 9.80 Å². The Bertz CT molecular complexity index is 1120. The van der Waals surface area contributed by atoms with Crippen LogP contribution in [-0.2, 0) is 12.1 Å². The smallest absolute Gasteiger partial charge is 0.231 e. The number of nitrogens with zero attached hydrogens (tertiary/aromatic N) is 6. The molecule has 0 aliphatic carbocycles. The normalized spacial score (nSPS) is 17.8. The topological polar surface area (TPSA) is 68.5 Å². The Labute approximate surface area is 199 Å². The number of piperazine rings is 1. The Morgan fingerprint density at radius 3 is 2.47 bits per heavy atom. The average molecular weight is 467 g/mol. The lowest BCUT2D eigenvalue weighted by molar-refractivity contribution is 0.0972. The third-order valence-electron chi connectivity index (χ3n) is 6.98. The second kappa shape index (κ2) is 9.31. The number of hydrogen-bond donors (Lipinski definition) is 0. The van der Waals surface area contributed by atoms with Gasteiger partial charge in [-0.25, -0.2) is 9.07 Å². The predicted molar refractivity (Wildman–Crippen MR) is 125 cm³/mol. The second-order valence-electron chi connectivity index (χ2n) is 9.57. The molecule has 1 aromatic heterocycles. The molecule has 0 spiro atoms. The third-order valence-corrected chi connectivity index (χ3v) is 6.98. The zero-order valence-corrected chi connectivity index (χ0v) is 19.9. The molecule has 3 aromatic rings.